The summed E-state index contributed by atoms with van der Waals surface area (Å²) in [6, 6.07) is 6.75. The molecule has 1 aromatic carbocycles. The second-order valence-electron chi connectivity index (χ2n) is 4.66. The fourth-order valence-corrected chi connectivity index (χ4v) is 1.89. The molecule has 1 rings (SSSR count). The first-order valence-corrected chi connectivity index (χ1v) is 6.76. The van der Waals surface area contributed by atoms with Crippen LogP contribution in [0.25, 0.3) is 0 Å². The van der Waals surface area contributed by atoms with Gasteiger partial charge in [-0.2, -0.15) is 0 Å². The summed E-state index contributed by atoms with van der Waals surface area (Å²) >= 11 is 0. The van der Waals surface area contributed by atoms with E-state index in [-0.39, 0.29) is 0 Å². The Bertz CT molecular complexity index is 442. The van der Waals surface area contributed by atoms with Gasteiger partial charge in [0.15, 0.2) is 0 Å². The first kappa shape index (κ1) is 16.0. The van der Waals surface area contributed by atoms with Crippen molar-refractivity contribution >= 4 is 11.9 Å². The maximum Gasteiger partial charge on any atom is 0.225 e. The first-order chi connectivity index (χ1) is 9.54. The highest BCUT2D eigenvalue weighted by Crippen LogP contribution is 2.22. The number of carbonyl (C=O) groups is 2. The summed E-state index contributed by atoms with van der Waals surface area (Å²) in [5.74, 6) is -2.14. The van der Waals surface area contributed by atoms with Crippen molar-refractivity contribution in [3.63, 3.8) is 0 Å². The number of carboxylic acids is 1. The number of hydrogen-bond donors (Lipinski definition) is 1. The van der Waals surface area contributed by atoms with E-state index < -0.39 is 24.2 Å². The number of hydrogen-bond acceptors (Lipinski definition) is 4. The smallest absolute Gasteiger partial charge is 0.225 e. The van der Waals surface area contributed by atoms with E-state index in [2.05, 4.69) is 6.92 Å². The van der Waals surface area contributed by atoms with Crippen molar-refractivity contribution in [1.29, 1.82) is 0 Å². The molecule has 0 heterocycles. The third-order valence-electron chi connectivity index (χ3n) is 3.01. The van der Waals surface area contributed by atoms with E-state index in [1.165, 1.54) is 0 Å². The largest absolute Gasteiger partial charge is 0.550 e. The van der Waals surface area contributed by atoms with Crippen LogP contribution >= 0.6 is 0 Å². The molecule has 2 N–H and O–H groups in total. The van der Waals surface area contributed by atoms with Gasteiger partial charge >= 0.3 is 0 Å². The number of aliphatic carboxylic acids is 1. The molecule has 5 nitrogen and oxygen atoms in total. The molecule has 0 radical (unpaired) electrons. The van der Waals surface area contributed by atoms with Gasteiger partial charge < -0.3 is 20.4 Å². The maximum absolute atomic E-state index is 11.3. The van der Waals surface area contributed by atoms with E-state index in [1.807, 2.05) is 0 Å². The molecule has 0 aliphatic heterocycles. The summed E-state index contributed by atoms with van der Waals surface area (Å²) in [4.78, 5) is 21.9. The summed E-state index contributed by atoms with van der Waals surface area (Å²) in [6.07, 6.45) is 2.83. The first-order valence-electron chi connectivity index (χ1n) is 6.76. The van der Waals surface area contributed by atoms with Crippen LogP contribution in [-0.4, -0.2) is 18.5 Å². The van der Waals surface area contributed by atoms with Crippen molar-refractivity contribution in [2.24, 2.45) is 5.73 Å². The molecule has 0 aliphatic carbocycles. The second-order valence-corrected chi connectivity index (χ2v) is 4.66. The van der Waals surface area contributed by atoms with Gasteiger partial charge in [-0.05, 0) is 24.1 Å². The second kappa shape index (κ2) is 8.19. The van der Waals surface area contributed by atoms with E-state index in [0.717, 1.165) is 19.3 Å². The van der Waals surface area contributed by atoms with Gasteiger partial charge in [-0.1, -0.05) is 31.9 Å². The topological polar surface area (TPSA) is 92.4 Å². The number of ether oxygens (including phenoxy) is 1. The minimum Gasteiger partial charge on any atom is -0.550 e. The van der Waals surface area contributed by atoms with Gasteiger partial charge in [0.2, 0.25) is 5.91 Å². The fourth-order valence-electron chi connectivity index (χ4n) is 1.89. The highest BCUT2D eigenvalue weighted by atomic mass is 16.5. The van der Waals surface area contributed by atoms with E-state index in [1.54, 1.807) is 24.3 Å². The lowest BCUT2D eigenvalue weighted by Crippen LogP contribution is -2.30. The van der Waals surface area contributed by atoms with Crippen molar-refractivity contribution in [3.8, 4) is 5.75 Å². The van der Waals surface area contributed by atoms with Gasteiger partial charge in [0.05, 0.1) is 12.5 Å². The molecule has 1 amide bonds. The highest BCUT2D eigenvalue weighted by Gasteiger charge is 2.18. The summed E-state index contributed by atoms with van der Waals surface area (Å²) in [5.41, 5.74) is 5.77. The van der Waals surface area contributed by atoms with Crippen LogP contribution in [-0.2, 0) is 9.59 Å². The van der Waals surface area contributed by atoms with Crippen LogP contribution in [0.5, 0.6) is 5.75 Å². The Hall–Kier alpha value is -2.04. The minimum absolute atomic E-state index is 0.411. The lowest BCUT2D eigenvalue weighted by Gasteiger charge is -2.15. The van der Waals surface area contributed by atoms with Crippen molar-refractivity contribution in [3.05, 3.63) is 29.8 Å². The number of carboxylic acid groups (broad SMARTS) is 1. The Morgan fingerprint density at radius 2 is 1.90 bits per heavy atom. The number of rotatable bonds is 9. The molecule has 110 valence electrons. The van der Waals surface area contributed by atoms with Crippen LogP contribution in [0.2, 0.25) is 0 Å². The van der Waals surface area contributed by atoms with Gasteiger partial charge in [-0.3, -0.25) is 4.79 Å². The van der Waals surface area contributed by atoms with Gasteiger partial charge in [-0.25, -0.2) is 0 Å². The van der Waals surface area contributed by atoms with Crippen LogP contribution in [0.4, 0.5) is 0 Å². The van der Waals surface area contributed by atoms with Crippen molar-refractivity contribution in [1.82, 2.24) is 0 Å². The molecule has 0 aliphatic rings. The Morgan fingerprint density at radius 3 is 2.40 bits per heavy atom. The Kier molecular flexibility index (Phi) is 6.56. The zero-order valence-corrected chi connectivity index (χ0v) is 11.6. The predicted octanol–water partition coefficient (Wildman–Crippen LogP) is 0.964. The Morgan fingerprint density at radius 1 is 1.25 bits per heavy atom. The zero-order valence-electron chi connectivity index (χ0n) is 11.6. The summed E-state index contributed by atoms with van der Waals surface area (Å²) < 4.78 is 5.54. The number of primary amides is 1. The molecule has 0 unspecified atom stereocenters. The molecule has 0 bridgehead atoms. The van der Waals surface area contributed by atoms with Crippen LogP contribution < -0.4 is 15.6 Å². The normalized spacial score (nSPS) is 11.8. The van der Waals surface area contributed by atoms with Gasteiger partial charge in [-0.15, -0.1) is 0 Å². The Labute approximate surface area is 118 Å². The summed E-state index contributed by atoms with van der Waals surface area (Å²) in [5, 5.41) is 10.6. The lowest BCUT2D eigenvalue weighted by atomic mass is 9.95. The number of unbranched alkanes of at least 4 members (excludes halogenated alkanes) is 2. The quantitative estimate of drug-likeness (QED) is 0.681. The van der Waals surface area contributed by atoms with E-state index in [0.29, 0.717) is 17.9 Å². The third kappa shape index (κ3) is 5.30. The summed E-state index contributed by atoms with van der Waals surface area (Å²) in [7, 11) is 0. The van der Waals surface area contributed by atoms with Crippen molar-refractivity contribution < 1.29 is 19.4 Å². The van der Waals surface area contributed by atoms with Crippen LogP contribution in [0, 0.1) is 0 Å². The average Bonchev–Trinajstić information content (AvgIpc) is 2.41. The van der Waals surface area contributed by atoms with Crippen molar-refractivity contribution in [2.75, 3.05) is 6.61 Å². The average molecular weight is 278 g/mol. The van der Waals surface area contributed by atoms with Crippen LogP contribution in [0.3, 0.4) is 0 Å². The minimum atomic E-state index is -1.30. The monoisotopic (exact) mass is 278 g/mol. The number of carbonyl (C=O) groups excluding carboxylic acids is 2. The fraction of sp³-hybridized carbons (Fsp3) is 0.467. The number of nitrogens with two attached hydrogens (primary N) is 1. The van der Waals surface area contributed by atoms with E-state index >= 15 is 0 Å². The Balaban J connectivity index is 2.63. The SMILES string of the molecule is CCCCCOc1ccc([C@@H](CC(=O)[O-])C(N)=O)cc1. The molecule has 0 saturated heterocycles. The molecule has 1 atom stereocenters. The van der Waals surface area contributed by atoms with Crippen molar-refractivity contribution in [2.45, 2.75) is 38.5 Å². The molecule has 1 aromatic rings. The van der Waals surface area contributed by atoms with Gasteiger partial charge in [0.25, 0.3) is 0 Å². The summed E-state index contributed by atoms with van der Waals surface area (Å²) in [6.45, 7) is 2.77. The number of amides is 1. The molecule has 0 aromatic heterocycles. The third-order valence-corrected chi connectivity index (χ3v) is 3.01. The maximum atomic E-state index is 11.3. The molecular weight excluding hydrogens is 258 g/mol. The molecule has 0 spiro atoms. The predicted molar refractivity (Wildman–Crippen MR) is 73.0 cm³/mol. The zero-order chi connectivity index (χ0) is 15.0. The van der Waals surface area contributed by atoms with Crippen LogP contribution in [0.15, 0.2) is 24.3 Å². The molecule has 5 heteroatoms. The van der Waals surface area contributed by atoms with Crippen LogP contribution in [0.1, 0.15) is 44.1 Å². The standard InChI is InChI=1S/C15H21NO4/c1-2-3-4-9-20-12-7-5-11(6-8-12)13(15(16)19)10-14(17)18/h5-8,13H,2-4,9-10H2,1H3,(H2,16,19)(H,17,18)/p-1/t13-/m1/s1. The lowest BCUT2D eigenvalue weighted by molar-refractivity contribution is -0.306. The molecule has 20 heavy (non-hydrogen) atoms. The molecule has 0 fully saturated rings. The van der Waals surface area contributed by atoms with E-state index in [9.17, 15) is 14.7 Å². The van der Waals surface area contributed by atoms with E-state index in [4.69, 9.17) is 10.5 Å². The number of benzene rings is 1. The molecule has 0 saturated carbocycles. The van der Waals surface area contributed by atoms with Gasteiger partial charge in [0, 0.05) is 12.4 Å². The molecular formula is C15H20NO4-. The van der Waals surface area contributed by atoms with Gasteiger partial charge in [0.1, 0.15) is 5.75 Å². The highest BCUT2D eigenvalue weighted by molar-refractivity contribution is 5.86.